The third-order valence-electron chi connectivity index (χ3n) is 6.41. The van der Waals surface area contributed by atoms with Crippen LogP contribution >= 0.6 is 0 Å². The van der Waals surface area contributed by atoms with Gasteiger partial charge in [0.1, 0.15) is 22.4 Å². The molecule has 2 bridgehead atoms. The first-order valence-corrected chi connectivity index (χ1v) is 7.99. The number of hydrogen-bond donors (Lipinski definition) is 0. The van der Waals surface area contributed by atoms with Gasteiger partial charge in [-0.1, -0.05) is 36.4 Å². The highest BCUT2D eigenvalue weighted by molar-refractivity contribution is 6.35. The van der Waals surface area contributed by atoms with Crippen molar-refractivity contribution in [2.45, 2.75) is 19.3 Å². The molecule has 0 spiro atoms. The van der Waals surface area contributed by atoms with Gasteiger partial charge in [0.15, 0.2) is 11.6 Å². The van der Waals surface area contributed by atoms with Crippen LogP contribution in [-0.4, -0.2) is 23.1 Å². The van der Waals surface area contributed by atoms with Crippen LogP contribution in [0.3, 0.4) is 0 Å². The molecule has 4 nitrogen and oxygen atoms in total. The summed E-state index contributed by atoms with van der Waals surface area (Å²) >= 11 is 0. The van der Waals surface area contributed by atoms with Gasteiger partial charge < -0.3 is 0 Å². The van der Waals surface area contributed by atoms with E-state index in [-0.39, 0.29) is 47.8 Å². The van der Waals surface area contributed by atoms with E-state index in [1.54, 1.807) is 24.3 Å². The molecule has 0 N–H and O–H groups in total. The largest absolute Gasteiger partial charge is 0.298 e. The van der Waals surface area contributed by atoms with Gasteiger partial charge >= 0.3 is 0 Å². The summed E-state index contributed by atoms with van der Waals surface area (Å²) in [5, 5.41) is 0. The van der Waals surface area contributed by atoms with Crippen molar-refractivity contribution < 1.29 is 19.2 Å². The topological polar surface area (TPSA) is 68.3 Å². The second-order valence-corrected chi connectivity index (χ2v) is 7.00. The van der Waals surface area contributed by atoms with Crippen LogP contribution in [0.4, 0.5) is 0 Å². The first-order chi connectivity index (χ1) is 11.1. The molecule has 0 saturated heterocycles. The van der Waals surface area contributed by atoms with E-state index in [1.807, 2.05) is 12.2 Å². The van der Waals surface area contributed by atoms with Crippen molar-refractivity contribution in [1.29, 1.82) is 0 Å². The van der Waals surface area contributed by atoms with Crippen LogP contribution in [0.5, 0.6) is 0 Å². The van der Waals surface area contributed by atoms with Gasteiger partial charge in [0.2, 0.25) is 0 Å². The molecule has 4 atom stereocenters. The van der Waals surface area contributed by atoms with Gasteiger partial charge in [0.25, 0.3) is 0 Å². The number of hydrogen-bond acceptors (Lipinski definition) is 4. The zero-order valence-electron chi connectivity index (χ0n) is 12.4. The SMILES string of the molecule is O=C1CCC(=O)[C@]23C(=O)c4ccccc4C(=O)[C@]12[C@H]1C=C[C@H]3C1. The molecule has 1 aromatic rings. The van der Waals surface area contributed by atoms with E-state index in [0.717, 1.165) is 0 Å². The third-order valence-corrected chi connectivity index (χ3v) is 6.41. The molecule has 0 heterocycles. The number of fused-ring (bicyclic) bond motifs is 3. The second kappa shape index (κ2) is 3.75. The average molecular weight is 306 g/mol. The lowest BCUT2D eigenvalue weighted by Gasteiger charge is -2.52. The van der Waals surface area contributed by atoms with Crippen molar-refractivity contribution in [3.63, 3.8) is 0 Å². The normalized spacial score (nSPS) is 40.2. The number of allylic oxidation sites excluding steroid dienone is 2. The Bertz CT molecular complexity index is 795. The van der Waals surface area contributed by atoms with Crippen LogP contribution in [0, 0.1) is 22.7 Å². The average Bonchev–Trinajstić information content (AvgIpc) is 3.16. The molecule has 5 rings (SSSR count). The summed E-state index contributed by atoms with van der Waals surface area (Å²) < 4.78 is 0. The Hall–Kier alpha value is -2.36. The van der Waals surface area contributed by atoms with E-state index in [1.165, 1.54) is 0 Å². The van der Waals surface area contributed by atoms with Gasteiger partial charge in [-0.3, -0.25) is 19.2 Å². The lowest BCUT2D eigenvalue weighted by Crippen LogP contribution is -2.67. The van der Waals surface area contributed by atoms with Crippen molar-refractivity contribution >= 4 is 23.1 Å². The minimum absolute atomic E-state index is 0.0683. The zero-order valence-corrected chi connectivity index (χ0v) is 12.4. The Kier molecular flexibility index (Phi) is 2.14. The molecule has 114 valence electrons. The Morgan fingerprint density at radius 2 is 1.17 bits per heavy atom. The van der Waals surface area contributed by atoms with Crippen LogP contribution in [-0.2, 0) is 9.59 Å². The highest BCUT2D eigenvalue weighted by Crippen LogP contribution is 2.70. The first kappa shape index (κ1) is 13.1. The van der Waals surface area contributed by atoms with Crippen LogP contribution in [0.1, 0.15) is 40.0 Å². The van der Waals surface area contributed by atoms with E-state index >= 15 is 0 Å². The third kappa shape index (κ3) is 1.07. The van der Waals surface area contributed by atoms with Crippen LogP contribution in [0.2, 0.25) is 0 Å². The van der Waals surface area contributed by atoms with Gasteiger partial charge in [-0.15, -0.1) is 0 Å². The minimum atomic E-state index is -1.48. The monoisotopic (exact) mass is 306 g/mol. The molecule has 0 aliphatic heterocycles. The zero-order chi connectivity index (χ0) is 16.0. The molecule has 0 unspecified atom stereocenters. The fourth-order valence-electron chi connectivity index (χ4n) is 5.65. The second-order valence-electron chi connectivity index (χ2n) is 7.00. The number of ketones is 4. The predicted octanol–water partition coefficient (Wildman–Crippen LogP) is 2.18. The molecule has 4 heteroatoms. The maximum Gasteiger partial charge on any atom is 0.179 e. The Morgan fingerprint density at radius 3 is 1.61 bits per heavy atom. The van der Waals surface area contributed by atoms with Crippen molar-refractivity contribution in [1.82, 2.24) is 0 Å². The fraction of sp³-hybridized carbons (Fsp3) is 0.368. The van der Waals surface area contributed by atoms with Gasteiger partial charge in [0.05, 0.1) is 0 Å². The molecule has 2 fully saturated rings. The van der Waals surface area contributed by atoms with Gasteiger partial charge in [-0.2, -0.15) is 0 Å². The quantitative estimate of drug-likeness (QED) is 0.544. The Balaban J connectivity index is 1.95. The highest BCUT2D eigenvalue weighted by Gasteiger charge is 2.80. The molecular formula is C19H14O4. The van der Waals surface area contributed by atoms with E-state index < -0.39 is 10.8 Å². The summed E-state index contributed by atoms with van der Waals surface area (Å²) in [6.45, 7) is 0. The number of carbonyl (C=O) groups is 4. The summed E-state index contributed by atoms with van der Waals surface area (Å²) in [4.78, 5) is 52.7. The predicted molar refractivity (Wildman–Crippen MR) is 80.0 cm³/mol. The number of rotatable bonds is 0. The summed E-state index contributed by atoms with van der Waals surface area (Å²) in [6.07, 6.45) is 4.43. The minimum Gasteiger partial charge on any atom is -0.298 e. The molecule has 1 aromatic carbocycles. The number of benzene rings is 1. The van der Waals surface area contributed by atoms with Crippen molar-refractivity contribution in [3.8, 4) is 0 Å². The van der Waals surface area contributed by atoms with Crippen LogP contribution in [0.15, 0.2) is 36.4 Å². The summed E-state index contributed by atoms with van der Waals surface area (Å²) in [5.74, 6) is -1.73. The molecule has 4 aliphatic carbocycles. The molecular weight excluding hydrogens is 292 g/mol. The highest BCUT2D eigenvalue weighted by atomic mass is 16.2. The molecule has 0 aromatic heterocycles. The molecule has 2 saturated carbocycles. The van der Waals surface area contributed by atoms with E-state index in [0.29, 0.717) is 17.5 Å². The summed E-state index contributed by atoms with van der Waals surface area (Å²) in [5.41, 5.74) is -2.35. The number of carbonyl (C=O) groups excluding carboxylic acids is 4. The molecule has 0 amide bonds. The maximum atomic E-state index is 13.4. The Morgan fingerprint density at radius 1 is 0.739 bits per heavy atom. The lowest BCUT2D eigenvalue weighted by molar-refractivity contribution is -0.149. The van der Waals surface area contributed by atoms with Crippen molar-refractivity contribution in [3.05, 3.63) is 47.5 Å². The summed E-state index contributed by atoms with van der Waals surface area (Å²) in [6, 6.07) is 6.62. The first-order valence-electron chi connectivity index (χ1n) is 7.99. The van der Waals surface area contributed by atoms with Crippen LogP contribution in [0.25, 0.3) is 0 Å². The van der Waals surface area contributed by atoms with Gasteiger partial charge in [0, 0.05) is 24.0 Å². The smallest absolute Gasteiger partial charge is 0.179 e. The molecule has 23 heavy (non-hydrogen) atoms. The standard InChI is InChI=1S/C19H14O4/c20-14-7-8-15(21)19-11-6-5-10(9-11)18(14,19)16(22)12-3-1-2-4-13(12)17(19)23/h1-6,10-11H,7-9H2/t10-,11-,18-,19+/m0/s1. The van der Waals surface area contributed by atoms with Crippen molar-refractivity contribution in [2.75, 3.05) is 0 Å². The van der Waals surface area contributed by atoms with E-state index in [2.05, 4.69) is 0 Å². The summed E-state index contributed by atoms with van der Waals surface area (Å²) in [7, 11) is 0. The molecule has 4 aliphatic rings. The Labute approximate surface area is 132 Å². The van der Waals surface area contributed by atoms with E-state index in [4.69, 9.17) is 0 Å². The van der Waals surface area contributed by atoms with Crippen molar-refractivity contribution in [2.24, 2.45) is 22.7 Å². The maximum absolute atomic E-state index is 13.4. The fourth-order valence-corrected chi connectivity index (χ4v) is 5.65. The van der Waals surface area contributed by atoms with E-state index in [9.17, 15) is 19.2 Å². The van der Waals surface area contributed by atoms with Gasteiger partial charge in [-0.25, -0.2) is 0 Å². The van der Waals surface area contributed by atoms with Crippen LogP contribution < -0.4 is 0 Å². The number of Topliss-reactive ketones (excluding diaryl/α,β-unsaturated/α-hetero) is 4. The molecule has 0 radical (unpaired) electrons. The lowest BCUT2D eigenvalue weighted by atomic mass is 9.44. The van der Waals surface area contributed by atoms with Gasteiger partial charge in [-0.05, 0) is 18.3 Å².